The van der Waals surface area contributed by atoms with Gasteiger partial charge < -0.3 is 15.0 Å². The number of rotatable bonds is 8. The van der Waals surface area contributed by atoms with Gasteiger partial charge in [0.15, 0.2) is 0 Å². The largest absolute Gasteiger partial charge is 0.496 e. The van der Waals surface area contributed by atoms with Crippen LogP contribution in [0.1, 0.15) is 29.7 Å². The van der Waals surface area contributed by atoms with Crippen molar-refractivity contribution in [3.63, 3.8) is 0 Å². The highest BCUT2D eigenvalue weighted by molar-refractivity contribution is 5.88. The first kappa shape index (κ1) is 22.0. The normalized spacial score (nSPS) is 11.5. The van der Waals surface area contributed by atoms with Crippen molar-refractivity contribution in [2.75, 3.05) is 7.11 Å². The molecule has 0 bridgehead atoms. The van der Waals surface area contributed by atoms with Gasteiger partial charge in [-0.05, 0) is 29.3 Å². The zero-order valence-corrected chi connectivity index (χ0v) is 17.5. The fourth-order valence-electron chi connectivity index (χ4n) is 3.41. The molecule has 0 aromatic heterocycles. The molecular formula is C25H25FN2O3. The van der Waals surface area contributed by atoms with Crippen LogP contribution < -0.4 is 10.1 Å². The molecule has 0 unspecified atom stereocenters. The first-order chi connectivity index (χ1) is 15.0. The second kappa shape index (κ2) is 10.4. The minimum Gasteiger partial charge on any atom is -0.496 e. The van der Waals surface area contributed by atoms with E-state index in [9.17, 15) is 14.0 Å². The lowest BCUT2D eigenvalue weighted by atomic mass is 10.0. The van der Waals surface area contributed by atoms with E-state index >= 15 is 0 Å². The summed E-state index contributed by atoms with van der Waals surface area (Å²) in [5.41, 5.74) is 2.26. The van der Waals surface area contributed by atoms with Crippen LogP contribution in [0.3, 0.4) is 0 Å². The fourth-order valence-corrected chi connectivity index (χ4v) is 3.41. The lowest BCUT2D eigenvalue weighted by Crippen LogP contribution is -2.42. The molecular weight excluding hydrogens is 395 g/mol. The molecule has 0 aliphatic heterocycles. The topological polar surface area (TPSA) is 58.6 Å². The molecule has 3 rings (SSSR count). The van der Waals surface area contributed by atoms with Crippen molar-refractivity contribution in [1.82, 2.24) is 10.2 Å². The summed E-state index contributed by atoms with van der Waals surface area (Å²) in [6, 6.07) is 21.6. The highest BCUT2D eigenvalue weighted by atomic mass is 19.1. The van der Waals surface area contributed by atoms with Crippen LogP contribution >= 0.6 is 0 Å². The van der Waals surface area contributed by atoms with Gasteiger partial charge in [0.05, 0.1) is 7.11 Å². The quantitative estimate of drug-likeness (QED) is 0.593. The van der Waals surface area contributed by atoms with Gasteiger partial charge in [-0.25, -0.2) is 4.39 Å². The average molecular weight is 420 g/mol. The number of carbonyl (C=O) groups is 2. The van der Waals surface area contributed by atoms with Crippen LogP contribution in [-0.2, 0) is 22.7 Å². The van der Waals surface area contributed by atoms with Gasteiger partial charge in [0, 0.05) is 25.6 Å². The number of hydrogen-bond donors (Lipinski definition) is 1. The number of benzene rings is 3. The molecule has 6 heteroatoms. The fraction of sp³-hybridized carbons (Fsp3) is 0.200. The van der Waals surface area contributed by atoms with Crippen LogP contribution in [0.5, 0.6) is 5.75 Å². The Morgan fingerprint density at radius 3 is 2.26 bits per heavy atom. The molecule has 5 nitrogen and oxygen atoms in total. The van der Waals surface area contributed by atoms with Gasteiger partial charge in [0.1, 0.15) is 17.6 Å². The van der Waals surface area contributed by atoms with E-state index < -0.39 is 6.04 Å². The van der Waals surface area contributed by atoms with E-state index in [1.807, 2.05) is 54.6 Å². The maximum absolute atomic E-state index is 13.3. The Balaban J connectivity index is 1.88. The SMILES string of the molecule is COc1ccccc1CNC(=O)[C@@H](c1ccccc1)N(Cc1ccc(F)cc1)C(C)=O. The second-order valence-electron chi connectivity index (χ2n) is 7.12. The third-order valence-electron chi connectivity index (χ3n) is 4.99. The Hall–Kier alpha value is -3.67. The van der Waals surface area contributed by atoms with Crippen molar-refractivity contribution in [3.8, 4) is 5.75 Å². The van der Waals surface area contributed by atoms with Crippen molar-refractivity contribution in [1.29, 1.82) is 0 Å². The smallest absolute Gasteiger partial charge is 0.247 e. The third kappa shape index (κ3) is 5.69. The summed E-state index contributed by atoms with van der Waals surface area (Å²) >= 11 is 0. The number of halogens is 1. The molecule has 160 valence electrons. The summed E-state index contributed by atoms with van der Waals surface area (Å²) < 4.78 is 18.7. The minimum atomic E-state index is -0.835. The molecule has 2 amide bonds. The Bertz CT molecular complexity index is 1020. The highest BCUT2D eigenvalue weighted by Gasteiger charge is 2.29. The van der Waals surface area contributed by atoms with E-state index in [-0.39, 0.29) is 30.7 Å². The van der Waals surface area contributed by atoms with Crippen LogP contribution in [0.15, 0.2) is 78.9 Å². The van der Waals surface area contributed by atoms with Gasteiger partial charge in [-0.1, -0.05) is 60.7 Å². The van der Waals surface area contributed by atoms with E-state index in [0.717, 1.165) is 11.1 Å². The van der Waals surface area contributed by atoms with Crippen LogP contribution in [0.4, 0.5) is 4.39 Å². The van der Waals surface area contributed by atoms with Crippen molar-refractivity contribution in [2.45, 2.75) is 26.1 Å². The number of carbonyl (C=O) groups excluding carboxylic acids is 2. The lowest BCUT2D eigenvalue weighted by molar-refractivity contribution is -0.140. The predicted molar refractivity (Wildman–Crippen MR) is 117 cm³/mol. The molecule has 0 saturated heterocycles. The van der Waals surface area contributed by atoms with E-state index in [0.29, 0.717) is 11.3 Å². The standard InChI is InChI=1S/C25H25FN2O3/c1-18(29)28(17-19-12-14-22(26)15-13-19)24(20-8-4-3-5-9-20)25(30)27-16-21-10-6-7-11-23(21)31-2/h3-15,24H,16-17H2,1-2H3,(H,27,30)/t24-/m1/s1. The van der Waals surface area contributed by atoms with Gasteiger partial charge in [0.2, 0.25) is 11.8 Å². The molecule has 0 aliphatic rings. The van der Waals surface area contributed by atoms with E-state index in [1.165, 1.54) is 24.0 Å². The van der Waals surface area contributed by atoms with Gasteiger partial charge in [-0.3, -0.25) is 9.59 Å². The second-order valence-corrected chi connectivity index (χ2v) is 7.12. The monoisotopic (exact) mass is 420 g/mol. The summed E-state index contributed by atoms with van der Waals surface area (Å²) in [7, 11) is 1.58. The number of amides is 2. The van der Waals surface area contributed by atoms with Crippen LogP contribution in [-0.4, -0.2) is 23.8 Å². The molecule has 0 spiro atoms. The maximum atomic E-state index is 13.3. The Kier molecular flexibility index (Phi) is 7.38. The number of nitrogens with zero attached hydrogens (tertiary/aromatic N) is 1. The Morgan fingerprint density at radius 2 is 1.61 bits per heavy atom. The molecule has 0 radical (unpaired) electrons. The lowest BCUT2D eigenvalue weighted by Gasteiger charge is -2.30. The van der Waals surface area contributed by atoms with Crippen molar-refractivity contribution >= 4 is 11.8 Å². The van der Waals surface area contributed by atoms with E-state index in [2.05, 4.69) is 5.32 Å². The Labute approximate surface area is 181 Å². The molecule has 3 aromatic rings. The van der Waals surface area contributed by atoms with Crippen molar-refractivity contribution in [3.05, 3.63) is 101 Å². The molecule has 1 N–H and O–H groups in total. The number of hydrogen-bond acceptors (Lipinski definition) is 3. The molecule has 31 heavy (non-hydrogen) atoms. The van der Waals surface area contributed by atoms with Gasteiger partial charge >= 0.3 is 0 Å². The number of nitrogens with one attached hydrogen (secondary N) is 1. The summed E-state index contributed by atoms with van der Waals surface area (Å²) in [5, 5.41) is 2.93. The van der Waals surface area contributed by atoms with E-state index in [4.69, 9.17) is 4.74 Å². The average Bonchev–Trinajstić information content (AvgIpc) is 2.79. The first-order valence-electron chi connectivity index (χ1n) is 9.96. The van der Waals surface area contributed by atoms with Crippen molar-refractivity contribution < 1.29 is 18.7 Å². The molecule has 3 aromatic carbocycles. The molecule has 0 saturated carbocycles. The third-order valence-corrected chi connectivity index (χ3v) is 4.99. The molecule has 1 atom stereocenters. The van der Waals surface area contributed by atoms with E-state index in [1.54, 1.807) is 19.2 Å². The number of para-hydroxylation sites is 1. The molecule has 0 fully saturated rings. The molecule has 0 aliphatic carbocycles. The Morgan fingerprint density at radius 1 is 0.968 bits per heavy atom. The predicted octanol–water partition coefficient (Wildman–Crippen LogP) is 4.24. The minimum absolute atomic E-state index is 0.178. The van der Waals surface area contributed by atoms with Crippen molar-refractivity contribution in [2.24, 2.45) is 0 Å². The molecule has 0 heterocycles. The summed E-state index contributed by atoms with van der Waals surface area (Å²) in [6.07, 6.45) is 0. The van der Waals surface area contributed by atoms with Gasteiger partial charge in [-0.15, -0.1) is 0 Å². The summed E-state index contributed by atoms with van der Waals surface area (Å²) in [6.45, 7) is 1.86. The maximum Gasteiger partial charge on any atom is 0.247 e. The summed E-state index contributed by atoms with van der Waals surface area (Å²) in [5.74, 6) is -0.249. The first-order valence-corrected chi connectivity index (χ1v) is 9.96. The van der Waals surface area contributed by atoms with Gasteiger partial charge in [-0.2, -0.15) is 0 Å². The highest BCUT2D eigenvalue weighted by Crippen LogP contribution is 2.25. The number of ether oxygens (including phenoxy) is 1. The number of methoxy groups -OCH3 is 1. The zero-order valence-electron chi connectivity index (χ0n) is 17.5. The van der Waals surface area contributed by atoms with Crippen LogP contribution in [0.25, 0.3) is 0 Å². The van der Waals surface area contributed by atoms with Crippen LogP contribution in [0.2, 0.25) is 0 Å². The van der Waals surface area contributed by atoms with Gasteiger partial charge in [0.25, 0.3) is 0 Å². The summed E-state index contributed by atoms with van der Waals surface area (Å²) in [4.78, 5) is 27.3. The zero-order chi connectivity index (χ0) is 22.2. The van der Waals surface area contributed by atoms with Crippen LogP contribution in [0, 0.1) is 5.82 Å².